The number of hydrogen-bond acceptors (Lipinski definition) is 2. The molecule has 3 nitrogen and oxygen atoms in total. The Morgan fingerprint density at radius 3 is 2.70 bits per heavy atom. The number of benzene rings is 1. The van der Waals surface area contributed by atoms with E-state index in [0.29, 0.717) is 6.42 Å². The summed E-state index contributed by atoms with van der Waals surface area (Å²) >= 11 is 3.52. The van der Waals surface area contributed by atoms with Crippen LogP contribution in [0.4, 0.5) is 8.78 Å². The van der Waals surface area contributed by atoms with E-state index >= 15 is 0 Å². The van der Waals surface area contributed by atoms with Gasteiger partial charge >= 0.3 is 0 Å². The maximum absolute atomic E-state index is 11.9. The average Bonchev–Trinajstić information content (AvgIpc) is 2.94. The van der Waals surface area contributed by atoms with Crippen LogP contribution in [0.2, 0.25) is 0 Å². The average molecular weight is 345 g/mol. The molecule has 0 aliphatic rings. The number of nitrogens with zero attached hydrogens (tertiary/aromatic N) is 2. The van der Waals surface area contributed by atoms with Crippen molar-refractivity contribution in [2.45, 2.75) is 17.7 Å². The summed E-state index contributed by atoms with van der Waals surface area (Å²) in [7, 11) is 0. The van der Waals surface area contributed by atoms with Gasteiger partial charge in [0.15, 0.2) is 0 Å². The molecule has 0 fully saturated rings. The van der Waals surface area contributed by atoms with Crippen LogP contribution in [0, 0.1) is 0 Å². The SMILES string of the molecule is FC(F)COCCC(Br)c1cnn(-c2ccccc2)c1. The van der Waals surface area contributed by atoms with E-state index < -0.39 is 13.0 Å². The van der Waals surface area contributed by atoms with E-state index in [0.717, 1.165) is 11.3 Å². The molecule has 2 aromatic rings. The van der Waals surface area contributed by atoms with Gasteiger partial charge in [0.2, 0.25) is 0 Å². The molecule has 2 rings (SSSR count). The van der Waals surface area contributed by atoms with Gasteiger partial charge < -0.3 is 4.74 Å². The largest absolute Gasteiger partial charge is 0.375 e. The number of hydrogen-bond donors (Lipinski definition) is 0. The molecule has 0 aliphatic carbocycles. The molecule has 1 heterocycles. The van der Waals surface area contributed by atoms with Gasteiger partial charge in [0.25, 0.3) is 6.43 Å². The zero-order valence-corrected chi connectivity index (χ0v) is 12.3. The van der Waals surface area contributed by atoms with Crippen LogP contribution in [0.1, 0.15) is 16.8 Å². The van der Waals surface area contributed by atoms with E-state index in [9.17, 15) is 8.78 Å². The highest BCUT2D eigenvalue weighted by molar-refractivity contribution is 9.09. The van der Waals surface area contributed by atoms with Crippen LogP contribution in [0.5, 0.6) is 0 Å². The molecule has 1 aromatic heterocycles. The molecule has 1 unspecified atom stereocenters. The molecule has 0 bridgehead atoms. The smallest absolute Gasteiger partial charge is 0.261 e. The normalized spacial score (nSPS) is 12.8. The summed E-state index contributed by atoms with van der Waals surface area (Å²) in [5, 5.41) is 4.29. The van der Waals surface area contributed by atoms with Gasteiger partial charge in [-0.2, -0.15) is 5.10 Å². The number of alkyl halides is 3. The van der Waals surface area contributed by atoms with E-state index in [4.69, 9.17) is 4.74 Å². The Morgan fingerprint density at radius 1 is 1.25 bits per heavy atom. The van der Waals surface area contributed by atoms with Crippen LogP contribution in [-0.2, 0) is 4.74 Å². The Hall–Kier alpha value is -1.27. The van der Waals surface area contributed by atoms with Crippen molar-refractivity contribution >= 4 is 15.9 Å². The predicted molar refractivity (Wildman–Crippen MR) is 76.7 cm³/mol. The molecule has 1 atom stereocenters. The lowest BCUT2D eigenvalue weighted by atomic mass is 10.2. The number of aromatic nitrogens is 2. The lowest BCUT2D eigenvalue weighted by Gasteiger charge is -2.08. The Labute approximate surface area is 124 Å². The van der Waals surface area contributed by atoms with Gasteiger partial charge in [0.1, 0.15) is 6.61 Å². The molecule has 108 valence electrons. The first kappa shape index (κ1) is 15.1. The van der Waals surface area contributed by atoms with Crippen molar-refractivity contribution in [3.05, 3.63) is 48.3 Å². The fourth-order valence-electron chi connectivity index (χ4n) is 1.75. The Morgan fingerprint density at radius 2 is 2.00 bits per heavy atom. The molecular formula is C14H15BrF2N2O. The summed E-state index contributed by atoms with van der Waals surface area (Å²) in [5.41, 5.74) is 1.97. The molecule has 6 heteroatoms. The quantitative estimate of drug-likeness (QED) is 0.561. The van der Waals surface area contributed by atoms with Crippen molar-refractivity contribution in [2.75, 3.05) is 13.2 Å². The fourth-order valence-corrected chi connectivity index (χ4v) is 2.17. The Kier molecular flexibility index (Phi) is 5.67. The molecular weight excluding hydrogens is 330 g/mol. The summed E-state index contributed by atoms with van der Waals surface area (Å²) in [4.78, 5) is 0.0395. The first-order chi connectivity index (χ1) is 9.66. The summed E-state index contributed by atoms with van der Waals surface area (Å²) < 4.78 is 30.5. The van der Waals surface area contributed by atoms with Crippen molar-refractivity contribution in [2.24, 2.45) is 0 Å². The van der Waals surface area contributed by atoms with Gasteiger partial charge in [-0.05, 0) is 18.6 Å². The zero-order valence-electron chi connectivity index (χ0n) is 10.8. The number of ether oxygens (including phenoxy) is 1. The van der Waals surface area contributed by atoms with Crippen molar-refractivity contribution in [1.82, 2.24) is 9.78 Å². The minimum Gasteiger partial charge on any atom is -0.375 e. The second-order valence-corrected chi connectivity index (χ2v) is 5.38. The second-order valence-electron chi connectivity index (χ2n) is 4.28. The molecule has 0 aliphatic heterocycles. The summed E-state index contributed by atoms with van der Waals surface area (Å²) in [6.45, 7) is -0.222. The van der Waals surface area contributed by atoms with E-state index in [1.54, 1.807) is 10.9 Å². The molecule has 0 saturated carbocycles. The first-order valence-electron chi connectivity index (χ1n) is 6.27. The van der Waals surface area contributed by atoms with Crippen molar-refractivity contribution in [1.29, 1.82) is 0 Å². The first-order valence-corrected chi connectivity index (χ1v) is 7.18. The summed E-state index contributed by atoms with van der Waals surface area (Å²) in [6, 6.07) is 9.76. The summed E-state index contributed by atoms with van der Waals surface area (Å²) in [5.74, 6) is 0. The standard InChI is InChI=1S/C14H15BrF2N2O/c15-13(6-7-20-10-14(16)17)11-8-18-19(9-11)12-4-2-1-3-5-12/h1-5,8-9,13-14H,6-7,10H2. The molecule has 0 spiro atoms. The Balaban J connectivity index is 1.88. The third-order valence-corrected chi connectivity index (χ3v) is 3.73. The van der Waals surface area contributed by atoms with Crippen LogP contribution in [0.15, 0.2) is 42.7 Å². The second kappa shape index (κ2) is 7.50. The van der Waals surface area contributed by atoms with Gasteiger partial charge in [0.05, 0.1) is 11.9 Å². The monoisotopic (exact) mass is 344 g/mol. The van der Waals surface area contributed by atoms with Gasteiger partial charge in [0, 0.05) is 23.2 Å². The highest BCUT2D eigenvalue weighted by Gasteiger charge is 2.11. The van der Waals surface area contributed by atoms with Crippen LogP contribution >= 0.6 is 15.9 Å². The molecule has 0 saturated heterocycles. The highest BCUT2D eigenvalue weighted by atomic mass is 79.9. The predicted octanol–water partition coefficient (Wildman–Crippen LogP) is 3.98. The van der Waals surface area contributed by atoms with Gasteiger partial charge in [-0.3, -0.25) is 0 Å². The molecule has 0 radical (unpaired) electrons. The number of halogens is 3. The van der Waals surface area contributed by atoms with Crippen molar-refractivity contribution in [3.63, 3.8) is 0 Å². The third-order valence-electron chi connectivity index (χ3n) is 2.74. The van der Waals surface area contributed by atoms with Gasteiger partial charge in [-0.25, -0.2) is 13.5 Å². The third kappa shape index (κ3) is 4.38. The van der Waals surface area contributed by atoms with Gasteiger partial charge in [-0.1, -0.05) is 34.1 Å². The zero-order chi connectivity index (χ0) is 14.4. The van der Waals surface area contributed by atoms with E-state index in [1.807, 2.05) is 36.5 Å². The summed E-state index contributed by atoms with van der Waals surface area (Å²) in [6.07, 6.45) is 1.89. The van der Waals surface area contributed by atoms with Crippen LogP contribution in [0.25, 0.3) is 5.69 Å². The lowest BCUT2D eigenvalue weighted by Crippen LogP contribution is -2.06. The maximum Gasteiger partial charge on any atom is 0.261 e. The molecule has 1 aromatic carbocycles. The van der Waals surface area contributed by atoms with Gasteiger partial charge in [-0.15, -0.1) is 0 Å². The van der Waals surface area contributed by atoms with Crippen LogP contribution < -0.4 is 0 Å². The number of para-hydroxylation sites is 1. The highest BCUT2D eigenvalue weighted by Crippen LogP contribution is 2.26. The molecule has 0 N–H and O–H groups in total. The van der Waals surface area contributed by atoms with Crippen molar-refractivity contribution < 1.29 is 13.5 Å². The maximum atomic E-state index is 11.9. The van der Waals surface area contributed by atoms with E-state index in [1.165, 1.54) is 0 Å². The van der Waals surface area contributed by atoms with E-state index in [-0.39, 0.29) is 11.4 Å². The van der Waals surface area contributed by atoms with Crippen LogP contribution in [-0.4, -0.2) is 29.4 Å². The minimum atomic E-state index is -2.41. The fraction of sp³-hybridized carbons (Fsp3) is 0.357. The molecule has 0 amide bonds. The number of rotatable bonds is 7. The topological polar surface area (TPSA) is 27.1 Å². The minimum absolute atomic E-state index is 0.0395. The lowest BCUT2D eigenvalue weighted by molar-refractivity contribution is 0.0167. The molecule has 20 heavy (non-hydrogen) atoms. The van der Waals surface area contributed by atoms with Crippen molar-refractivity contribution in [3.8, 4) is 5.69 Å². The van der Waals surface area contributed by atoms with Crippen LogP contribution in [0.3, 0.4) is 0 Å². The Bertz CT molecular complexity index is 519. The van der Waals surface area contributed by atoms with E-state index in [2.05, 4.69) is 21.0 Å².